The monoisotopic (exact) mass is 240 g/mol. The van der Waals surface area contributed by atoms with Gasteiger partial charge in [0, 0.05) is 6.07 Å². The van der Waals surface area contributed by atoms with Crippen LogP contribution >= 0.6 is 0 Å². The number of halogens is 5. The second-order valence-electron chi connectivity index (χ2n) is 2.80. The van der Waals surface area contributed by atoms with E-state index in [-0.39, 0.29) is 6.07 Å². The summed E-state index contributed by atoms with van der Waals surface area (Å²) in [6, 6.07) is 0.601. The zero-order valence-corrected chi connectivity index (χ0v) is 7.86. The van der Waals surface area contributed by atoms with Gasteiger partial charge in [0.15, 0.2) is 11.6 Å². The summed E-state index contributed by atoms with van der Waals surface area (Å²) in [7, 11) is 0.878. The second kappa shape index (κ2) is 4.07. The molecule has 0 saturated heterocycles. The van der Waals surface area contributed by atoms with Crippen LogP contribution in [0.15, 0.2) is 12.1 Å². The fourth-order valence-corrected chi connectivity index (χ4v) is 1.09. The van der Waals surface area contributed by atoms with E-state index >= 15 is 0 Å². The molecule has 0 aliphatic heterocycles. The summed E-state index contributed by atoms with van der Waals surface area (Å²) in [5.41, 5.74) is -1.19. The largest absolute Gasteiger partial charge is 0.493 e. The van der Waals surface area contributed by atoms with Crippen molar-refractivity contribution in [3.8, 4) is 5.75 Å². The maximum Gasteiger partial charge on any atom is 0.455 e. The number of benzene rings is 1. The maximum atomic E-state index is 13.0. The van der Waals surface area contributed by atoms with Crippen LogP contribution in [-0.4, -0.2) is 19.1 Å². The van der Waals surface area contributed by atoms with E-state index in [1.54, 1.807) is 0 Å². The Morgan fingerprint density at radius 1 is 1.25 bits per heavy atom. The number of hydrogen-bond donors (Lipinski definition) is 0. The van der Waals surface area contributed by atoms with Gasteiger partial charge in [-0.05, 0) is 6.07 Å². The van der Waals surface area contributed by atoms with Gasteiger partial charge >= 0.3 is 6.18 Å². The van der Waals surface area contributed by atoms with Crippen molar-refractivity contribution in [2.75, 3.05) is 7.11 Å². The van der Waals surface area contributed by atoms with Gasteiger partial charge in [-0.15, -0.1) is 0 Å². The highest BCUT2D eigenvalue weighted by atomic mass is 19.4. The summed E-state index contributed by atoms with van der Waals surface area (Å²) >= 11 is 0. The van der Waals surface area contributed by atoms with E-state index in [1.807, 2.05) is 0 Å². The zero-order chi connectivity index (χ0) is 12.5. The van der Waals surface area contributed by atoms with E-state index in [0.717, 1.165) is 7.11 Å². The number of Topliss-reactive ketones (excluding diaryl/α,β-unsaturated/α-hetero) is 1. The van der Waals surface area contributed by atoms with Gasteiger partial charge in [0.2, 0.25) is 0 Å². The summed E-state index contributed by atoms with van der Waals surface area (Å²) in [6.07, 6.45) is -5.21. The van der Waals surface area contributed by atoms with Gasteiger partial charge in [-0.3, -0.25) is 4.79 Å². The maximum absolute atomic E-state index is 13.0. The Labute approximate surface area is 86.6 Å². The minimum atomic E-state index is -5.21. The molecule has 0 saturated carbocycles. The topological polar surface area (TPSA) is 26.3 Å². The summed E-state index contributed by atoms with van der Waals surface area (Å²) in [5, 5.41) is 0. The summed E-state index contributed by atoms with van der Waals surface area (Å²) in [5.74, 6) is -5.94. The lowest BCUT2D eigenvalue weighted by Crippen LogP contribution is -2.23. The highest BCUT2D eigenvalue weighted by molar-refractivity contribution is 6.02. The quantitative estimate of drug-likeness (QED) is 0.586. The number of ketones is 1. The predicted octanol–water partition coefficient (Wildman–Crippen LogP) is 2.72. The minimum absolute atomic E-state index is 0.276. The SMILES string of the molecule is COc1c(F)cc(F)cc1C(=O)C(F)(F)F. The fraction of sp³-hybridized carbons (Fsp3) is 0.222. The molecule has 0 aromatic heterocycles. The van der Waals surface area contributed by atoms with Gasteiger partial charge in [-0.1, -0.05) is 0 Å². The molecule has 0 fully saturated rings. The molecule has 0 aliphatic carbocycles. The molecule has 0 amide bonds. The smallest absolute Gasteiger partial charge is 0.455 e. The average molecular weight is 240 g/mol. The first-order chi connectivity index (χ1) is 7.27. The molecular formula is C9H5F5O2. The van der Waals surface area contributed by atoms with Crippen molar-refractivity contribution in [2.24, 2.45) is 0 Å². The third-order valence-corrected chi connectivity index (χ3v) is 1.71. The van der Waals surface area contributed by atoms with Gasteiger partial charge in [0.25, 0.3) is 5.78 Å². The van der Waals surface area contributed by atoms with Crippen LogP contribution in [0.2, 0.25) is 0 Å². The van der Waals surface area contributed by atoms with Gasteiger partial charge < -0.3 is 4.74 Å². The lowest BCUT2D eigenvalue weighted by atomic mass is 10.1. The van der Waals surface area contributed by atoms with E-state index in [9.17, 15) is 26.7 Å². The molecule has 0 radical (unpaired) electrons. The second-order valence-corrected chi connectivity index (χ2v) is 2.80. The summed E-state index contributed by atoms with van der Waals surface area (Å²) in [6.45, 7) is 0. The molecule has 0 heterocycles. The van der Waals surface area contributed by atoms with E-state index in [4.69, 9.17) is 0 Å². The molecule has 0 aliphatic rings. The van der Waals surface area contributed by atoms with E-state index in [0.29, 0.717) is 6.07 Å². The molecule has 0 unspecified atom stereocenters. The van der Waals surface area contributed by atoms with Crippen molar-refractivity contribution in [1.82, 2.24) is 0 Å². The van der Waals surface area contributed by atoms with E-state index < -0.39 is 34.9 Å². The molecule has 0 bridgehead atoms. The molecule has 2 nitrogen and oxygen atoms in total. The number of rotatable bonds is 2. The Morgan fingerprint density at radius 2 is 1.81 bits per heavy atom. The first-order valence-corrected chi connectivity index (χ1v) is 3.92. The predicted molar refractivity (Wildman–Crippen MR) is 43.3 cm³/mol. The minimum Gasteiger partial charge on any atom is -0.493 e. The number of carbonyl (C=O) groups is 1. The van der Waals surface area contributed by atoms with Crippen LogP contribution < -0.4 is 4.74 Å². The fourth-order valence-electron chi connectivity index (χ4n) is 1.09. The lowest BCUT2D eigenvalue weighted by Gasteiger charge is -2.10. The Kier molecular flexibility index (Phi) is 3.16. The van der Waals surface area contributed by atoms with E-state index in [2.05, 4.69) is 4.74 Å². The van der Waals surface area contributed by atoms with Gasteiger partial charge in [0.05, 0.1) is 12.7 Å². The first-order valence-electron chi connectivity index (χ1n) is 3.92. The van der Waals surface area contributed by atoms with Crippen LogP contribution in [0.1, 0.15) is 10.4 Å². The standard InChI is InChI=1S/C9H5F5O2/c1-16-7-5(8(15)9(12,13)14)2-4(10)3-6(7)11/h2-3H,1H3. The first kappa shape index (κ1) is 12.4. The third-order valence-electron chi connectivity index (χ3n) is 1.71. The summed E-state index contributed by atoms with van der Waals surface area (Å²) in [4.78, 5) is 10.8. The molecule has 1 rings (SSSR count). The van der Waals surface area contributed by atoms with Crippen LogP contribution in [0.25, 0.3) is 0 Å². The Bertz CT molecular complexity index is 425. The van der Waals surface area contributed by atoms with Gasteiger partial charge in [-0.25, -0.2) is 8.78 Å². The van der Waals surface area contributed by atoms with Crippen LogP contribution in [0.3, 0.4) is 0 Å². The van der Waals surface area contributed by atoms with Gasteiger partial charge in [-0.2, -0.15) is 13.2 Å². The average Bonchev–Trinajstić information content (AvgIpc) is 2.14. The number of carbonyl (C=O) groups excluding carboxylic acids is 1. The van der Waals surface area contributed by atoms with Gasteiger partial charge in [0.1, 0.15) is 5.82 Å². The number of hydrogen-bond acceptors (Lipinski definition) is 2. The normalized spacial score (nSPS) is 11.4. The summed E-state index contributed by atoms with van der Waals surface area (Å²) < 4.78 is 66.1. The van der Waals surface area contributed by atoms with Crippen molar-refractivity contribution in [2.45, 2.75) is 6.18 Å². The molecule has 0 atom stereocenters. The molecule has 0 spiro atoms. The molecule has 16 heavy (non-hydrogen) atoms. The van der Waals surface area contributed by atoms with Crippen molar-refractivity contribution in [1.29, 1.82) is 0 Å². The van der Waals surface area contributed by atoms with Crippen LogP contribution in [0, 0.1) is 11.6 Å². The Balaban J connectivity index is 3.38. The Morgan fingerprint density at radius 3 is 2.25 bits per heavy atom. The highest BCUT2D eigenvalue weighted by Crippen LogP contribution is 2.30. The molecular weight excluding hydrogens is 235 g/mol. The molecule has 1 aromatic rings. The van der Waals surface area contributed by atoms with Crippen molar-refractivity contribution >= 4 is 5.78 Å². The van der Waals surface area contributed by atoms with Crippen molar-refractivity contribution in [3.63, 3.8) is 0 Å². The molecule has 1 aromatic carbocycles. The molecule has 0 N–H and O–H groups in total. The van der Waals surface area contributed by atoms with Crippen molar-refractivity contribution < 1.29 is 31.5 Å². The third kappa shape index (κ3) is 2.29. The highest BCUT2D eigenvalue weighted by Gasteiger charge is 2.41. The van der Waals surface area contributed by atoms with Crippen LogP contribution in [0.4, 0.5) is 22.0 Å². The molecule has 88 valence electrons. The number of alkyl halides is 3. The number of ether oxygens (including phenoxy) is 1. The van der Waals surface area contributed by atoms with Crippen LogP contribution in [-0.2, 0) is 0 Å². The lowest BCUT2D eigenvalue weighted by molar-refractivity contribution is -0.0886. The molecule has 7 heteroatoms. The number of methoxy groups -OCH3 is 1. The van der Waals surface area contributed by atoms with Crippen molar-refractivity contribution in [3.05, 3.63) is 29.3 Å². The van der Waals surface area contributed by atoms with E-state index in [1.165, 1.54) is 0 Å². The Hall–Kier alpha value is -1.66. The zero-order valence-electron chi connectivity index (χ0n) is 7.86. The van der Waals surface area contributed by atoms with Crippen LogP contribution in [0.5, 0.6) is 5.75 Å².